The van der Waals surface area contributed by atoms with E-state index in [4.69, 9.17) is 0 Å². The molecule has 0 bridgehead atoms. The van der Waals surface area contributed by atoms with Gasteiger partial charge in [-0.05, 0) is 77.5 Å². The van der Waals surface area contributed by atoms with Crippen molar-refractivity contribution < 1.29 is 5.11 Å². The van der Waals surface area contributed by atoms with Gasteiger partial charge in [0.2, 0.25) is 0 Å². The Kier molecular flexibility index (Phi) is 5.46. The van der Waals surface area contributed by atoms with Gasteiger partial charge in [-0.25, -0.2) is 0 Å². The second-order valence-corrected chi connectivity index (χ2v) is 6.52. The number of hydrogen-bond donors (Lipinski definition) is 2. The molecule has 3 atom stereocenters. The highest BCUT2D eigenvalue weighted by atomic mass is 16.3. The Morgan fingerprint density at radius 2 is 1.94 bits per heavy atom. The van der Waals surface area contributed by atoms with Gasteiger partial charge in [-0.3, -0.25) is 0 Å². The van der Waals surface area contributed by atoms with E-state index in [0.29, 0.717) is 12.0 Å². The summed E-state index contributed by atoms with van der Waals surface area (Å²) in [5.74, 6) is 1.54. The van der Waals surface area contributed by atoms with Crippen LogP contribution in [0.15, 0.2) is 0 Å². The molecule has 0 aromatic heterocycles. The normalized spacial score (nSPS) is 33.5. The fourth-order valence-electron chi connectivity index (χ4n) is 3.50. The monoisotopic (exact) mass is 254 g/mol. The highest BCUT2D eigenvalue weighted by Gasteiger charge is 2.24. The molecule has 3 heteroatoms. The second kappa shape index (κ2) is 6.88. The number of piperidine rings is 1. The predicted octanol–water partition coefficient (Wildman–Crippen LogP) is 1.86. The zero-order chi connectivity index (χ0) is 13.0. The molecule has 1 saturated carbocycles. The second-order valence-electron chi connectivity index (χ2n) is 6.52. The Hall–Kier alpha value is -0.120. The maximum atomic E-state index is 9.69. The summed E-state index contributed by atoms with van der Waals surface area (Å²) >= 11 is 0. The summed E-state index contributed by atoms with van der Waals surface area (Å²) < 4.78 is 0. The fourth-order valence-corrected chi connectivity index (χ4v) is 3.50. The molecule has 0 spiro atoms. The van der Waals surface area contributed by atoms with E-state index in [0.717, 1.165) is 25.3 Å². The molecule has 1 heterocycles. The van der Waals surface area contributed by atoms with Crippen molar-refractivity contribution in [2.75, 3.05) is 26.7 Å². The van der Waals surface area contributed by atoms with Crippen molar-refractivity contribution in [3.8, 4) is 0 Å². The summed E-state index contributed by atoms with van der Waals surface area (Å²) in [5, 5.41) is 13.4. The smallest absolute Gasteiger partial charge is 0.0543 e. The average Bonchev–Trinajstić information content (AvgIpc) is 2.37. The molecule has 0 radical (unpaired) electrons. The molecule has 106 valence electrons. The Balaban J connectivity index is 1.66. The van der Waals surface area contributed by atoms with Gasteiger partial charge in [-0.2, -0.15) is 0 Å². The molecule has 0 aromatic rings. The highest BCUT2D eigenvalue weighted by Crippen LogP contribution is 2.25. The van der Waals surface area contributed by atoms with Crippen LogP contribution in [-0.2, 0) is 0 Å². The fraction of sp³-hybridized carbons (Fsp3) is 1.00. The summed E-state index contributed by atoms with van der Waals surface area (Å²) in [6.07, 6.45) is 7.15. The number of nitrogens with zero attached hydrogens (tertiary/aromatic N) is 1. The Bertz CT molecular complexity index is 239. The number of likely N-dealkylation sites (tertiary alicyclic amines) is 1. The van der Waals surface area contributed by atoms with Gasteiger partial charge >= 0.3 is 0 Å². The van der Waals surface area contributed by atoms with Crippen molar-refractivity contribution in [1.29, 1.82) is 0 Å². The van der Waals surface area contributed by atoms with E-state index in [-0.39, 0.29) is 6.10 Å². The number of aliphatic hydroxyl groups is 1. The number of nitrogens with one attached hydrogen (secondary N) is 1. The third kappa shape index (κ3) is 4.22. The van der Waals surface area contributed by atoms with Crippen LogP contribution in [-0.4, -0.2) is 48.8 Å². The van der Waals surface area contributed by atoms with Crippen LogP contribution in [0.25, 0.3) is 0 Å². The zero-order valence-electron chi connectivity index (χ0n) is 12.1. The lowest BCUT2D eigenvalue weighted by Crippen LogP contribution is -2.42. The molecule has 18 heavy (non-hydrogen) atoms. The van der Waals surface area contributed by atoms with Gasteiger partial charge in [0, 0.05) is 6.04 Å². The van der Waals surface area contributed by atoms with Crippen molar-refractivity contribution >= 4 is 0 Å². The van der Waals surface area contributed by atoms with E-state index in [1.54, 1.807) is 0 Å². The third-order valence-corrected chi connectivity index (χ3v) is 4.95. The summed E-state index contributed by atoms with van der Waals surface area (Å²) in [5.41, 5.74) is 0. The van der Waals surface area contributed by atoms with Crippen LogP contribution in [0, 0.1) is 11.8 Å². The van der Waals surface area contributed by atoms with Gasteiger partial charge < -0.3 is 15.3 Å². The molecule has 2 aliphatic rings. The van der Waals surface area contributed by atoms with Crippen molar-refractivity contribution in [1.82, 2.24) is 10.2 Å². The zero-order valence-corrected chi connectivity index (χ0v) is 12.1. The minimum atomic E-state index is -0.0378. The van der Waals surface area contributed by atoms with E-state index in [2.05, 4.69) is 24.2 Å². The molecule has 1 aliphatic heterocycles. The molecular weight excluding hydrogens is 224 g/mol. The molecular formula is C15H30N2O. The van der Waals surface area contributed by atoms with Crippen LogP contribution < -0.4 is 5.32 Å². The number of hydrogen-bond acceptors (Lipinski definition) is 3. The molecule has 0 amide bonds. The molecule has 1 saturated heterocycles. The highest BCUT2D eigenvalue weighted by molar-refractivity contribution is 4.80. The number of aliphatic hydroxyl groups excluding tert-OH is 1. The van der Waals surface area contributed by atoms with Crippen molar-refractivity contribution in [2.24, 2.45) is 11.8 Å². The van der Waals surface area contributed by atoms with Gasteiger partial charge in [0.15, 0.2) is 0 Å². The first-order chi connectivity index (χ1) is 8.65. The van der Waals surface area contributed by atoms with Gasteiger partial charge in [-0.1, -0.05) is 6.42 Å². The lowest BCUT2D eigenvalue weighted by molar-refractivity contribution is 0.0976. The molecule has 2 N–H and O–H groups in total. The van der Waals surface area contributed by atoms with Gasteiger partial charge in [-0.15, -0.1) is 0 Å². The average molecular weight is 254 g/mol. The van der Waals surface area contributed by atoms with Crippen LogP contribution in [0.3, 0.4) is 0 Å². The summed E-state index contributed by atoms with van der Waals surface area (Å²) in [6, 6.07) is 0.637. The van der Waals surface area contributed by atoms with E-state index in [1.807, 2.05) is 0 Å². The largest absolute Gasteiger partial charge is 0.393 e. The quantitative estimate of drug-likeness (QED) is 0.804. The summed E-state index contributed by atoms with van der Waals surface area (Å²) in [4.78, 5) is 2.43. The summed E-state index contributed by atoms with van der Waals surface area (Å²) in [7, 11) is 2.22. The lowest BCUT2D eigenvalue weighted by Gasteiger charge is -2.34. The van der Waals surface area contributed by atoms with Crippen LogP contribution in [0.4, 0.5) is 0 Å². The first-order valence-corrected chi connectivity index (χ1v) is 7.75. The van der Waals surface area contributed by atoms with E-state index in [1.165, 1.54) is 38.8 Å². The van der Waals surface area contributed by atoms with E-state index in [9.17, 15) is 5.11 Å². The molecule has 3 unspecified atom stereocenters. The van der Waals surface area contributed by atoms with Gasteiger partial charge in [0.1, 0.15) is 0 Å². The lowest BCUT2D eigenvalue weighted by atomic mass is 9.86. The van der Waals surface area contributed by atoms with Crippen LogP contribution >= 0.6 is 0 Å². The first kappa shape index (κ1) is 14.3. The van der Waals surface area contributed by atoms with Gasteiger partial charge in [0.25, 0.3) is 0 Å². The Morgan fingerprint density at radius 3 is 2.61 bits per heavy atom. The topological polar surface area (TPSA) is 35.5 Å². The number of rotatable bonds is 4. The standard InChI is InChI=1S/C15H30N2O/c1-12(14-6-8-17(2)9-7-14)16-11-13-4-3-5-15(18)10-13/h12-16,18H,3-11H2,1-2H3. The van der Waals surface area contributed by atoms with Crippen LogP contribution in [0.1, 0.15) is 45.4 Å². The first-order valence-electron chi connectivity index (χ1n) is 7.75. The van der Waals surface area contributed by atoms with Crippen LogP contribution in [0.2, 0.25) is 0 Å². The van der Waals surface area contributed by atoms with Crippen molar-refractivity contribution in [3.05, 3.63) is 0 Å². The molecule has 2 rings (SSSR count). The van der Waals surface area contributed by atoms with Crippen molar-refractivity contribution in [2.45, 2.75) is 57.6 Å². The van der Waals surface area contributed by atoms with E-state index < -0.39 is 0 Å². The molecule has 0 aromatic carbocycles. The van der Waals surface area contributed by atoms with Crippen molar-refractivity contribution in [3.63, 3.8) is 0 Å². The van der Waals surface area contributed by atoms with Crippen LogP contribution in [0.5, 0.6) is 0 Å². The Morgan fingerprint density at radius 1 is 1.22 bits per heavy atom. The minimum Gasteiger partial charge on any atom is -0.393 e. The predicted molar refractivity (Wildman–Crippen MR) is 75.7 cm³/mol. The molecule has 2 fully saturated rings. The van der Waals surface area contributed by atoms with E-state index >= 15 is 0 Å². The minimum absolute atomic E-state index is 0.0378. The third-order valence-electron chi connectivity index (χ3n) is 4.95. The maximum Gasteiger partial charge on any atom is 0.0543 e. The maximum absolute atomic E-state index is 9.69. The Labute approximate surface area is 112 Å². The molecule has 1 aliphatic carbocycles. The summed E-state index contributed by atoms with van der Waals surface area (Å²) in [6.45, 7) is 5.94. The van der Waals surface area contributed by atoms with Gasteiger partial charge in [0.05, 0.1) is 6.10 Å². The SMILES string of the molecule is CC(NCC1CCCC(O)C1)C1CCN(C)CC1. The molecule has 3 nitrogen and oxygen atoms in total.